The number of hydrogen-bond donors (Lipinski definition) is 1. The van der Waals surface area contributed by atoms with Gasteiger partial charge in [0.1, 0.15) is 0 Å². The molecule has 0 bridgehead atoms. The number of aliphatic imine (C=N–C) groups is 1. The predicted octanol–water partition coefficient (Wildman–Crippen LogP) is 3.59. The van der Waals surface area contributed by atoms with Crippen LogP contribution in [0.15, 0.2) is 35.5 Å². The Morgan fingerprint density at radius 3 is 2.53 bits per heavy atom. The van der Waals surface area contributed by atoms with Gasteiger partial charge in [-0.3, -0.25) is 9.58 Å². The lowest BCUT2D eigenvalue weighted by Crippen LogP contribution is -2.38. The second-order valence-electron chi connectivity index (χ2n) is 8.55. The van der Waals surface area contributed by atoms with E-state index in [1.165, 1.54) is 16.7 Å². The molecule has 0 spiro atoms. The Kier molecular flexibility index (Phi) is 10.9. The normalized spacial score (nSPS) is 15.0. The Hall–Kier alpha value is -1.65. The molecule has 0 radical (unpaired) electrons. The maximum atomic E-state index is 5.49. The van der Waals surface area contributed by atoms with Gasteiger partial charge in [-0.15, -0.1) is 24.0 Å². The molecular weight excluding hydrogens is 515 g/mol. The lowest BCUT2D eigenvalue weighted by atomic mass is 10.1. The van der Waals surface area contributed by atoms with Gasteiger partial charge in [-0.1, -0.05) is 38.1 Å². The Labute approximate surface area is 210 Å². The largest absolute Gasteiger partial charge is 0.379 e. The average molecular weight is 555 g/mol. The van der Waals surface area contributed by atoms with E-state index in [1.807, 2.05) is 11.7 Å². The molecule has 1 aliphatic heterocycles. The summed E-state index contributed by atoms with van der Waals surface area (Å²) in [6, 6.07) is 8.65. The Bertz CT molecular complexity index is 860. The summed E-state index contributed by atoms with van der Waals surface area (Å²) in [5, 5.41) is 8.10. The third-order valence-corrected chi connectivity index (χ3v) is 5.60. The van der Waals surface area contributed by atoms with E-state index in [0.717, 1.165) is 57.6 Å². The second-order valence-corrected chi connectivity index (χ2v) is 8.55. The standard InChI is InChI=1S/C24H38N6O.HI/c1-6-25-24(28(4)16-22-17-29(5)27-23(22)19(2)3)26-15-20-9-7-8-10-21(20)18-30-11-13-31-14-12-30;/h7-10,17,19H,6,11-16,18H2,1-5H3,(H,25,26);1H. The number of nitrogens with one attached hydrogen (secondary N) is 1. The van der Waals surface area contributed by atoms with Crippen molar-refractivity contribution in [1.82, 2.24) is 24.9 Å². The number of halogens is 1. The first-order valence-electron chi connectivity index (χ1n) is 11.4. The van der Waals surface area contributed by atoms with Crippen LogP contribution in [0.25, 0.3) is 0 Å². The van der Waals surface area contributed by atoms with E-state index in [1.54, 1.807) is 0 Å². The molecule has 2 aromatic rings. The first-order valence-corrected chi connectivity index (χ1v) is 11.4. The topological polar surface area (TPSA) is 57.9 Å². The van der Waals surface area contributed by atoms with Crippen LogP contribution < -0.4 is 5.32 Å². The lowest BCUT2D eigenvalue weighted by Gasteiger charge is -2.27. The summed E-state index contributed by atoms with van der Waals surface area (Å²) in [7, 11) is 4.08. The van der Waals surface area contributed by atoms with Gasteiger partial charge in [0, 0.05) is 58.6 Å². The third-order valence-electron chi connectivity index (χ3n) is 5.60. The van der Waals surface area contributed by atoms with E-state index in [4.69, 9.17) is 9.73 Å². The van der Waals surface area contributed by atoms with E-state index in [0.29, 0.717) is 12.5 Å². The van der Waals surface area contributed by atoms with Crippen LogP contribution in [0.3, 0.4) is 0 Å². The molecule has 1 N–H and O–H groups in total. The molecule has 8 heteroatoms. The zero-order chi connectivity index (χ0) is 22.2. The molecule has 0 aliphatic carbocycles. The number of benzene rings is 1. The van der Waals surface area contributed by atoms with Crippen molar-refractivity contribution >= 4 is 29.9 Å². The van der Waals surface area contributed by atoms with E-state index < -0.39 is 0 Å². The average Bonchev–Trinajstić information content (AvgIpc) is 3.13. The molecule has 0 unspecified atom stereocenters. The highest BCUT2D eigenvalue weighted by atomic mass is 127. The zero-order valence-corrected chi connectivity index (χ0v) is 22.5. The Balaban J connectivity index is 0.00000363. The predicted molar refractivity (Wildman–Crippen MR) is 142 cm³/mol. The molecule has 0 amide bonds. The first kappa shape index (κ1) is 26.6. The molecule has 1 aliphatic rings. The molecule has 32 heavy (non-hydrogen) atoms. The maximum absolute atomic E-state index is 5.49. The smallest absolute Gasteiger partial charge is 0.194 e. The SMILES string of the molecule is CCNC(=NCc1ccccc1CN1CCOCC1)N(C)Cc1cn(C)nc1C(C)C.I. The van der Waals surface area contributed by atoms with Gasteiger partial charge in [0.2, 0.25) is 0 Å². The minimum atomic E-state index is 0. The van der Waals surface area contributed by atoms with Gasteiger partial charge in [0.15, 0.2) is 5.96 Å². The fraction of sp³-hybridized carbons (Fsp3) is 0.583. The lowest BCUT2D eigenvalue weighted by molar-refractivity contribution is 0.0341. The number of aryl methyl sites for hydroxylation is 1. The Morgan fingerprint density at radius 1 is 1.19 bits per heavy atom. The van der Waals surface area contributed by atoms with Crippen molar-refractivity contribution < 1.29 is 4.74 Å². The minimum absolute atomic E-state index is 0. The van der Waals surface area contributed by atoms with Crippen LogP contribution in [0, 0.1) is 0 Å². The third kappa shape index (κ3) is 7.45. The van der Waals surface area contributed by atoms with Crippen LogP contribution in [-0.2, 0) is 31.4 Å². The number of morpholine rings is 1. The summed E-state index contributed by atoms with van der Waals surface area (Å²) >= 11 is 0. The van der Waals surface area contributed by atoms with Crippen molar-refractivity contribution in [2.75, 3.05) is 39.9 Å². The summed E-state index contributed by atoms with van der Waals surface area (Å²) in [6.45, 7) is 13.4. The molecule has 1 aromatic carbocycles. The van der Waals surface area contributed by atoms with Crippen molar-refractivity contribution in [1.29, 1.82) is 0 Å². The number of hydrogen-bond acceptors (Lipinski definition) is 4. The molecule has 3 rings (SSSR count). The molecule has 1 fully saturated rings. The monoisotopic (exact) mass is 554 g/mol. The molecule has 178 valence electrons. The van der Waals surface area contributed by atoms with Crippen LogP contribution in [0.2, 0.25) is 0 Å². The first-order chi connectivity index (χ1) is 15.0. The highest BCUT2D eigenvalue weighted by Crippen LogP contribution is 2.19. The van der Waals surface area contributed by atoms with Crippen LogP contribution in [0.4, 0.5) is 0 Å². The van der Waals surface area contributed by atoms with Gasteiger partial charge in [0.05, 0.1) is 25.5 Å². The molecule has 0 atom stereocenters. The highest BCUT2D eigenvalue weighted by molar-refractivity contribution is 14.0. The summed E-state index contributed by atoms with van der Waals surface area (Å²) in [5.74, 6) is 1.32. The van der Waals surface area contributed by atoms with Crippen molar-refractivity contribution in [2.24, 2.45) is 12.0 Å². The fourth-order valence-electron chi connectivity index (χ4n) is 3.99. The van der Waals surface area contributed by atoms with Crippen LogP contribution in [0.1, 0.15) is 49.1 Å². The summed E-state index contributed by atoms with van der Waals surface area (Å²) < 4.78 is 7.40. The van der Waals surface area contributed by atoms with E-state index in [2.05, 4.69) is 78.5 Å². The number of aromatic nitrogens is 2. The van der Waals surface area contributed by atoms with Gasteiger partial charge in [-0.2, -0.15) is 5.10 Å². The molecule has 1 aromatic heterocycles. The molecule has 7 nitrogen and oxygen atoms in total. The number of guanidine groups is 1. The van der Waals surface area contributed by atoms with Gasteiger partial charge in [0.25, 0.3) is 0 Å². The number of rotatable bonds is 8. The van der Waals surface area contributed by atoms with Crippen LogP contribution in [0.5, 0.6) is 0 Å². The zero-order valence-electron chi connectivity index (χ0n) is 20.2. The molecule has 0 saturated carbocycles. The number of ether oxygens (including phenoxy) is 1. The second kappa shape index (κ2) is 13.2. The van der Waals surface area contributed by atoms with Gasteiger partial charge < -0.3 is 15.0 Å². The summed E-state index contributed by atoms with van der Waals surface area (Å²) in [4.78, 5) is 9.62. The van der Waals surface area contributed by atoms with Crippen molar-refractivity contribution in [3.8, 4) is 0 Å². The van der Waals surface area contributed by atoms with Crippen LogP contribution in [-0.4, -0.2) is 65.4 Å². The van der Waals surface area contributed by atoms with Crippen molar-refractivity contribution in [3.63, 3.8) is 0 Å². The minimum Gasteiger partial charge on any atom is -0.379 e. The van der Waals surface area contributed by atoms with E-state index >= 15 is 0 Å². The van der Waals surface area contributed by atoms with Gasteiger partial charge >= 0.3 is 0 Å². The van der Waals surface area contributed by atoms with Crippen LogP contribution >= 0.6 is 24.0 Å². The fourth-order valence-corrected chi connectivity index (χ4v) is 3.99. The van der Waals surface area contributed by atoms with E-state index in [9.17, 15) is 0 Å². The maximum Gasteiger partial charge on any atom is 0.194 e. The molecular formula is C24H39IN6O. The van der Waals surface area contributed by atoms with Crippen molar-refractivity contribution in [2.45, 2.75) is 46.3 Å². The van der Waals surface area contributed by atoms with Crippen molar-refractivity contribution in [3.05, 3.63) is 52.8 Å². The number of nitrogens with zero attached hydrogens (tertiary/aromatic N) is 5. The molecule has 2 heterocycles. The summed E-state index contributed by atoms with van der Waals surface area (Å²) in [6.07, 6.45) is 2.12. The molecule has 1 saturated heterocycles. The van der Waals surface area contributed by atoms with E-state index in [-0.39, 0.29) is 24.0 Å². The summed E-state index contributed by atoms with van der Waals surface area (Å²) in [5.41, 5.74) is 5.03. The highest BCUT2D eigenvalue weighted by Gasteiger charge is 2.16. The van der Waals surface area contributed by atoms with Gasteiger partial charge in [-0.25, -0.2) is 4.99 Å². The van der Waals surface area contributed by atoms with Gasteiger partial charge in [-0.05, 0) is 24.0 Å². The Morgan fingerprint density at radius 2 is 1.88 bits per heavy atom. The quantitative estimate of drug-likeness (QED) is 0.307.